The summed E-state index contributed by atoms with van der Waals surface area (Å²) in [6, 6.07) is 2.15. The number of likely N-dealkylation sites (N-methyl/N-ethyl adjacent to an activating group) is 1. The van der Waals surface area contributed by atoms with Gasteiger partial charge in [0.25, 0.3) is 5.91 Å². The van der Waals surface area contributed by atoms with E-state index in [4.69, 9.17) is 4.74 Å². The lowest BCUT2D eigenvalue weighted by Crippen LogP contribution is -2.34. The smallest absolute Gasteiger partial charge is 0.340 e. The predicted octanol–water partition coefficient (Wildman–Crippen LogP) is 2.90. The first-order valence-corrected chi connectivity index (χ1v) is 9.14. The van der Waals surface area contributed by atoms with Crippen molar-refractivity contribution in [2.45, 2.75) is 26.8 Å². The summed E-state index contributed by atoms with van der Waals surface area (Å²) in [5.41, 5.74) is 3.27. The average Bonchev–Trinajstić information content (AvgIpc) is 3.15. The molecule has 2 aromatic rings. The number of hydrogen-bond donors (Lipinski definition) is 2. The van der Waals surface area contributed by atoms with Crippen molar-refractivity contribution in [2.75, 3.05) is 27.2 Å². The number of nitrogens with zero attached hydrogens (tertiary/aromatic N) is 1. The zero-order chi connectivity index (χ0) is 18.6. The molecule has 2 aromatic heterocycles. The van der Waals surface area contributed by atoms with Crippen molar-refractivity contribution in [3.8, 4) is 0 Å². The number of rotatable bonds is 7. The van der Waals surface area contributed by atoms with Crippen molar-refractivity contribution in [1.29, 1.82) is 0 Å². The van der Waals surface area contributed by atoms with Crippen LogP contribution >= 0.6 is 11.3 Å². The monoisotopic (exact) mass is 363 g/mol. The number of thiophene rings is 1. The summed E-state index contributed by atoms with van der Waals surface area (Å²) in [6.45, 7) is 6.07. The van der Waals surface area contributed by atoms with E-state index in [1.54, 1.807) is 32.1 Å². The fraction of sp³-hybridized carbons (Fsp3) is 0.444. The number of H-pyrrole nitrogens is 1. The van der Waals surface area contributed by atoms with Gasteiger partial charge in [0.15, 0.2) is 0 Å². The Kier molecular flexibility index (Phi) is 6.39. The van der Waals surface area contributed by atoms with Crippen LogP contribution in [-0.4, -0.2) is 49.0 Å². The topological polar surface area (TPSA) is 74.4 Å². The Hall–Kier alpha value is -2.12. The summed E-state index contributed by atoms with van der Waals surface area (Å²) < 4.78 is 5.07. The molecule has 0 unspecified atom stereocenters. The van der Waals surface area contributed by atoms with Crippen molar-refractivity contribution >= 4 is 23.2 Å². The molecule has 2 heterocycles. The summed E-state index contributed by atoms with van der Waals surface area (Å²) in [4.78, 5) is 29.7. The molecule has 0 aliphatic heterocycles. The number of nitrogens with one attached hydrogen (secondary N) is 2. The van der Waals surface area contributed by atoms with Gasteiger partial charge >= 0.3 is 5.97 Å². The third-order valence-electron chi connectivity index (χ3n) is 4.15. The Labute approximate surface area is 152 Å². The van der Waals surface area contributed by atoms with Gasteiger partial charge in [-0.3, -0.25) is 4.79 Å². The Morgan fingerprint density at radius 3 is 2.64 bits per heavy atom. The summed E-state index contributed by atoms with van der Waals surface area (Å²) >= 11 is 1.63. The second-order valence-electron chi connectivity index (χ2n) is 6.09. The molecule has 1 amide bonds. The van der Waals surface area contributed by atoms with E-state index in [1.807, 2.05) is 19.5 Å². The van der Waals surface area contributed by atoms with Gasteiger partial charge in [0.2, 0.25) is 0 Å². The largest absolute Gasteiger partial charge is 0.462 e. The molecule has 2 rings (SSSR count). The van der Waals surface area contributed by atoms with Crippen LogP contribution < -0.4 is 5.32 Å². The third kappa shape index (κ3) is 4.29. The quantitative estimate of drug-likeness (QED) is 0.742. The summed E-state index contributed by atoms with van der Waals surface area (Å²) in [5, 5.41) is 7.07. The highest BCUT2D eigenvalue weighted by Crippen LogP contribution is 2.21. The van der Waals surface area contributed by atoms with Gasteiger partial charge in [-0.05, 0) is 62.8 Å². The maximum atomic E-state index is 12.6. The minimum absolute atomic E-state index is 0.0936. The number of amides is 1. The van der Waals surface area contributed by atoms with Crippen LogP contribution in [-0.2, 0) is 4.74 Å². The first-order chi connectivity index (χ1) is 11.9. The Morgan fingerprint density at radius 1 is 1.36 bits per heavy atom. The minimum atomic E-state index is -0.405. The van der Waals surface area contributed by atoms with E-state index in [-0.39, 0.29) is 11.9 Å². The molecule has 136 valence electrons. The predicted molar refractivity (Wildman–Crippen MR) is 99.3 cm³/mol. The first-order valence-electron chi connectivity index (χ1n) is 8.19. The van der Waals surface area contributed by atoms with E-state index in [0.717, 1.165) is 0 Å². The molecule has 0 spiro atoms. The van der Waals surface area contributed by atoms with E-state index in [2.05, 4.69) is 26.6 Å². The summed E-state index contributed by atoms with van der Waals surface area (Å²) in [7, 11) is 3.97. The zero-order valence-electron chi connectivity index (χ0n) is 15.3. The number of aromatic amines is 1. The highest BCUT2D eigenvalue weighted by molar-refractivity contribution is 7.07. The lowest BCUT2D eigenvalue weighted by atomic mass is 10.1. The van der Waals surface area contributed by atoms with Crippen LogP contribution in [0.2, 0.25) is 0 Å². The molecule has 7 heteroatoms. The molecule has 0 saturated heterocycles. The fourth-order valence-electron chi connectivity index (χ4n) is 2.83. The van der Waals surface area contributed by atoms with Gasteiger partial charge in [-0.1, -0.05) is 0 Å². The van der Waals surface area contributed by atoms with Gasteiger partial charge in [0.05, 0.1) is 18.2 Å². The van der Waals surface area contributed by atoms with Crippen LogP contribution in [0.1, 0.15) is 50.6 Å². The fourth-order valence-corrected chi connectivity index (χ4v) is 3.53. The molecule has 6 nitrogen and oxygen atoms in total. The number of aromatic nitrogens is 1. The molecule has 2 N–H and O–H groups in total. The number of esters is 1. The van der Waals surface area contributed by atoms with E-state index < -0.39 is 5.97 Å². The van der Waals surface area contributed by atoms with E-state index in [9.17, 15) is 9.59 Å². The summed E-state index contributed by atoms with van der Waals surface area (Å²) in [5.74, 6) is -0.629. The van der Waals surface area contributed by atoms with Gasteiger partial charge in [0.1, 0.15) is 5.69 Å². The van der Waals surface area contributed by atoms with Crippen LogP contribution in [0.25, 0.3) is 0 Å². The summed E-state index contributed by atoms with van der Waals surface area (Å²) in [6.07, 6.45) is 0. The lowest BCUT2D eigenvalue weighted by molar-refractivity contribution is 0.0525. The van der Waals surface area contributed by atoms with Crippen molar-refractivity contribution in [1.82, 2.24) is 15.2 Å². The minimum Gasteiger partial charge on any atom is -0.462 e. The van der Waals surface area contributed by atoms with Crippen molar-refractivity contribution in [3.63, 3.8) is 0 Å². The number of carbonyl (C=O) groups is 2. The Bertz CT molecular complexity index is 735. The molecular formula is C18H25N3O3S. The number of hydrogen-bond acceptors (Lipinski definition) is 5. The molecule has 1 atom stereocenters. The van der Waals surface area contributed by atoms with Crippen molar-refractivity contribution in [3.05, 3.63) is 44.9 Å². The standard InChI is InChI=1S/C18H25N3O3S/c1-6-24-18(23)15-11(2)16(20-12(15)3)17(22)19-9-14(21(4)5)13-7-8-25-10-13/h7-8,10,14,20H,6,9H2,1-5H3,(H,19,22)/t14-/m0/s1. The molecular weight excluding hydrogens is 338 g/mol. The Morgan fingerprint density at radius 2 is 2.08 bits per heavy atom. The number of ether oxygens (including phenoxy) is 1. The molecule has 0 radical (unpaired) electrons. The molecule has 0 aliphatic rings. The molecule has 0 fully saturated rings. The second-order valence-corrected chi connectivity index (χ2v) is 6.87. The molecule has 0 aromatic carbocycles. The van der Waals surface area contributed by atoms with Crippen molar-refractivity contribution in [2.24, 2.45) is 0 Å². The highest BCUT2D eigenvalue weighted by atomic mass is 32.1. The maximum Gasteiger partial charge on any atom is 0.340 e. The van der Waals surface area contributed by atoms with E-state index >= 15 is 0 Å². The first kappa shape index (κ1) is 19.2. The average molecular weight is 363 g/mol. The maximum absolute atomic E-state index is 12.6. The van der Waals surface area contributed by atoms with E-state index in [1.165, 1.54) is 5.56 Å². The van der Waals surface area contributed by atoms with E-state index in [0.29, 0.717) is 35.7 Å². The van der Waals surface area contributed by atoms with Crippen LogP contribution in [0.4, 0.5) is 0 Å². The third-order valence-corrected chi connectivity index (χ3v) is 4.85. The zero-order valence-corrected chi connectivity index (χ0v) is 16.1. The van der Waals surface area contributed by atoms with Gasteiger partial charge in [-0.25, -0.2) is 4.79 Å². The van der Waals surface area contributed by atoms with Gasteiger partial charge in [-0.2, -0.15) is 11.3 Å². The van der Waals surface area contributed by atoms with Crippen LogP contribution in [0.5, 0.6) is 0 Å². The van der Waals surface area contributed by atoms with Crippen molar-refractivity contribution < 1.29 is 14.3 Å². The second kappa shape index (κ2) is 8.31. The number of carbonyl (C=O) groups excluding carboxylic acids is 2. The molecule has 0 bridgehead atoms. The normalized spacial score (nSPS) is 12.2. The van der Waals surface area contributed by atoms with Gasteiger partial charge in [0, 0.05) is 12.2 Å². The molecule has 0 saturated carbocycles. The van der Waals surface area contributed by atoms with Crippen LogP contribution in [0, 0.1) is 13.8 Å². The molecule has 25 heavy (non-hydrogen) atoms. The Balaban J connectivity index is 2.13. The molecule has 0 aliphatic carbocycles. The number of aryl methyl sites for hydroxylation is 1. The van der Waals surface area contributed by atoms with Crippen LogP contribution in [0.3, 0.4) is 0 Å². The van der Waals surface area contributed by atoms with Gasteiger partial charge in [-0.15, -0.1) is 0 Å². The lowest BCUT2D eigenvalue weighted by Gasteiger charge is -2.24. The van der Waals surface area contributed by atoms with Gasteiger partial charge < -0.3 is 19.9 Å². The van der Waals surface area contributed by atoms with Crippen LogP contribution in [0.15, 0.2) is 16.8 Å². The highest BCUT2D eigenvalue weighted by Gasteiger charge is 2.23. The SMILES string of the molecule is CCOC(=O)c1c(C)[nH]c(C(=O)NC[C@@H](c2ccsc2)N(C)C)c1C.